The van der Waals surface area contributed by atoms with Gasteiger partial charge in [-0.2, -0.15) is 0 Å². The summed E-state index contributed by atoms with van der Waals surface area (Å²) in [7, 11) is 0. The highest BCUT2D eigenvalue weighted by Crippen LogP contribution is 2.58. The van der Waals surface area contributed by atoms with Crippen LogP contribution in [0, 0.1) is 0 Å². The molecule has 0 N–H and O–H groups in total. The Morgan fingerprint density at radius 1 is 0.365 bits per heavy atom. The van der Waals surface area contributed by atoms with Crippen molar-refractivity contribution >= 4 is 10.8 Å². The molecule has 1 heterocycles. The van der Waals surface area contributed by atoms with Gasteiger partial charge < -0.3 is 0 Å². The highest BCUT2D eigenvalue weighted by atomic mass is 14.9. The molecule has 2 aliphatic rings. The van der Waals surface area contributed by atoms with Crippen molar-refractivity contribution in [1.82, 2.24) is 9.97 Å². The quantitative estimate of drug-likeness (QED) is 0.183. The summed E-state index contributed by atoms with van der Waals surface area (Å²) >= 11 is 0. The average Bonchev–Trinajstić information content (AvgIpc) is 3.48. The molecule has 1 fully saturated rings. The van der Waals surface area contributed by atoms with Crippen LogP contribution in [0.2, 0.25) is 0 Å². The first kappa shape index (κ1) is 30.7. The van der Waals surface area contributed by atoms with Crippen molar-refractivity contribution < 1.29 is 0 Å². The van der Waals surface area contributed by atoms with E-state index in [1.54, 1.807) is 5.56 Å². The third kappa shape index (κ3) is 5.17. The smallest absolute Gasteiger partial charge is 0.160 e. The third-order valence-electron chi connectivity index (χ3n) is 11.5. The molecule has 2 nitrogen and oxygen atoms in total. The highest BCUT2D eigenvalue weighted by molar-refractivity contribution is 5.99. The summed E-state index contributed by atoms with van der Waals surface area (Å²) in [5.41, 5.74) is 16.1. The van der Waals surface area contributed by atoms with E-state index in [-0.39, 0.29) is 5.41 Å². The van der Waals surface area contributed by atoms with Gasteiger partial charge in [-0.1, -0.05) is 171 Å². The van der Waals surface area contributed by atoms with Gasteiger partial charge in [-0.25, -0.2) is 9.97 Å². The van der Waals surface area contributed by atoms with Crippen molar-refractivity contribution in [3.8, 4) is 67.3 Å². The molecule has 0 bridgehead atoms. The van der Waals surface area contributed by atoms with E-state index in [9.17, 15) is 0 Å². The molecule has 2 heteroatoms. The van der Waals surface area contributed by atoms with Crippen LogP contribution in [-0.2, 0) is 5.41 Å². The molecule has 52 heavy (non-hydrogen) atoms. The fourth-order valence-corrected chi connectivity index (χ4v) is 8.91. The van der Waals surface area contributed by atoms with Crippen LogP contribution in [0.1, 0.15) is 43.2 Å². The molecule has 0 amide bonds. The summed E-state index contributed by atoms with van der Waals surface area (Å²) in [6.07, 6.45) is 6.40. The number of hydrogen-bond donors (Lipinski definition) is 0. The first-order valence-electron chi connectivity index (χ1n) is 18.6. The first-order chi connectivity index (χ1) is 25.7. The van der Waals surface area contributed by atoms with Gasteiger partial charge in [0.2, 0.25) is 0 Å². The van der Waals surface area contributed by atoms with E-state index in [1.807, 2.05) is 24.3 Å². The molecule has 8 aromatic rings. The number of rotatable bonds is 5. The van der Waals surface area contributed by atoms with E-state index in [2.05, 4.69) is 146 Å². The van der Waals surface area contributed by atoms with E-state index in [0.29, 0.717) is 0 Å². The lowest BCUT2D eigenvalue weighted by Crippen LogP contribution is -2.28. The van der Waals surface area contributed by atoms with E-state index in [4.69, 9.17) is 9.97 Å². The number of hydrogen-bond acceptors (Lipinski definition) is 2. The van der Waals surface area contributed by atoms with Crippen LogP contribution in [0.3, 0.4) is 0 Å². The minimum absolute atomic E-state index is 0.123. The number of nitrogens with zero attached hydrogens (tertiary/aromatic N) is 2. The standard InChI is InChI=1S/C50H38N2/c1-4-13-37(14-5-1)46-33-47(52-49(51-46)39-15-6-2-7-16-39)38-27-23-35(24-28-38)34-21-25-36(26-22-34)42-19-12-20-44-48(42)43-31-40-17-8-9-18-41(40)32-45(43)50(44)29-10-3-11-30-50/h1-2,4-9,12-28,31-33H,3,10-11,29-30H2. The minimum atomic E-state index is 0.123. The largest absolute Gasteiger partial charge is 0.228 e. The Bertz CT molecular complexity index is 2510. The van der Waals surface area contributed by atoms with Gasteiger partial charge in [-0.15, -0.1) is 0 Å². The topological polar surface area (TPSA) is 25.8 Å². The lowest BCUT2D eigenvalue weighted by atomic mass is 9.67. The maximum Gasteiger partial charge on any atom is 0.160 e. The maximum atomic E-state index is 5.03. The highest BCUT2D eigenvalue weighted by Gasteiger charge is 2.44. The van der Waals surface area contributed by atoms with Crippen molar-refractivity contribution in [3.05, 3.63) is 181 Å². The van der Waals surface area contributed by atoms with Crippen molar-refractivity contribution in [2.24, 2.45) is 0 Å². The second-order valence-corrected chi connectivity index (χ2v) is 14.5. The minimum Gasteiger partial charge on any atom is -0.228 e. The summed E-state index contributed by atoms with van der Waals surface area (Å²) in [6, 6.07) is 61.6. The van der Waals surface area contributed by atoms with Gasteiger partial charge >= 0.3 is 0 Å². The molecule has 1 aromatic heterocycles. The SMILES string of the molecule is c1ccc(-c2cc(-c3ccc(-c4ccc(-c5cccc6c5-c5cc7ccccc7cc5C65CCCCC5)cc4)cc3)nc(-c3ccccc3)n2)cc1. The van der Waals surface area contributed by atoms with E-state index in [1.165, 1.54) is 81.8 Å². The molecule has 0 saturated heterocycles. The Balaban J connectivity index is 1.00. The lowest BCUT2D eigenvalue weighted by molar-refractivity contribution is 0.353. The maximum absolute atomic E-state index is 5.03. The summed E-state index contributed by atoms with van der Waals surface area (Å²) in [4.78, 5) is 9.99. The van der Waals surface area contributed by atoms with Gasteiger partial charge in [0.15, 0.2) is 5.82 Å². The lowest BCUT2D eigenvalue weighted by Gasteiger charge is -2.36. The van der Waals surface area contributed by atoms with E-state index < -0.39 is 0 Å². The van der Waals surface area contributed by atoms with E-state index >= 15 is 0 Å². The van der Waals surface area contributed by atoms with Gasteiger partial charge in [0.25, 0.3) is 0 Å². The Morgan fingerprint density at radius 2 is 0.904 bits per heavy atom. The fourth-order valence-electron chi connectivity index (χ4n) is 8.91. The molecular weight excluding hydrogens is 629 g/mol. The Hall–Kier alpha value is -6.12. The number of aromatic nitrogens is 2. The first-order valence-corrected chi connectivity index (χ1v) is 18.6. The van der Waals surface area contributed by atoms with Gasteiger partial charge in [0, 0.05) is 22.1 Å². The molecule has 0 radical (unpaired) electrons. The molecular formula is C50H38N2. The molecule has 2 aliphatic carbocycles. The predicted octanol–water partition coefficient (Wildman–Crippen LogP) is 13.2. The molecule has 0 unspecified atom stereocenters. The zero-order chi connectivity index (χ0) is 34.5. The Kier molecular flexibility index (Phi) is 7.42. The molecule has 7 aromatic carbocycles. The molecule has 10 rings (SSSR count). The van der Waals surface area contributed by atoms with Gasteiger partial charge in [0.1, 0.15) is 0 Å². The molecule has 1 spiro atoms. The van der Waals surface area contributed by atoms with Crippen molar-refractivity contribution in [2.45, 2.75) is 37.5 Å². The monoisotopic (exact) mass is 666 g/mol. The predicted molar refractivity (Wildman–Crippen MR) is 216 cm³/mol. The molecule has 0 atom stereocenters. The molecule has 248 valence electrons. The summed E-state index contributed by atoms with van der Waals surface area (Å²) in [5, 5.41) is 2.67. The van der Waals surface area contributed by atoms with E-state index in [0.717, 1.165) is 33.9 Å². The van der Waals surface area contributed by atoms with Crippen LogP contribution in [0.4, 0.5) is 0 Å². The third-order valence-corrected chi connectivity index (χ3v) is 11.5. The second-order valence-electron chi connectivity index (χ2n) is 14.5. The Morgan fingerprint density at radius 3 is 1.56 bits per heavy atom. The number of fused-ring (bicyclic) bond motifs is 6. The summed E-state index contributed by atoms with van der Waals surface area (Å²) < 4.78 is 0. The van der Waals surface area contributed by atoms with Crippen molar-refractivity contribution in [2.75, 3.05) is 0 Å². The van der Waals surface area contributed by atoms with Crippen LogP contribution < -0.4 is 0 Å². The van der Waals surface area contributed by atoms with Crippen LogP contribution >= 0.6 is 0 Å². The molecule has 1 saturated carbocycles. The van der Waals surface area contributed by atoms with Gasteiger partial charge in [0.05, 0.1) is 11.4 Å². The van der Waals surface area contributed by atoms with Crippen molar-refractivity contribution in [3.63, 3.8) is 0 Å². The Labute approximate surface area is 305 Å². The fraction of sp³-hybridized carbons (Fsp3) is 0.120. The van der Waals surface area contributed by atoms with Crippen LogP contribution in [-0.4, -0.2) is 9.97 Å². The van der Waals surface area contributed by atoms with Crippen LogP contribution in [0.25, 0.3) is 78.1 Å². The van der Waals surface area contributed by atoms with Crippen LogP contribution in [0.5, 0.6) is 0 Å². The van der Waals surface area contributed by atoms with Crippen molar-refractivity contribution in [1.29, 1.82) is 0 Å². The second kappa shape index (κ2) is 12.6. The zero-order valence-electron chi connectivity index (χ0n) is 29.1. The average molecular weight is 667 g/mol. The summed E-state index contributed by atoms with van der Waals surface area (Å²) in [5.74, 6) is 0.731. The van der Waals surface area contributed by atoms with Gasteiger partial charge in [-0.05, 0) is 86.3 Å². The summed E-state index contributed by atoms with van der Waals surface area (Å²) in [6.45, 7) is 0. The zero-order valence-corrected chi connectivity index (χ0v) is 29.1. The normalized spacial score (nSPS) is 14.3. The molecule has 0 aliphatic heterocycles. The van der Waals surface area contributed by atoms with Crippen LogP contribution in [0.15, 0.2) is 170 Å². The van der Waals surface area contributed by atoms with Gasteiger partial charge in [-0.3, -0.25) is 0 Å². The number of benzene rings is 7.